The predicted molar refractivity (Wildman–Crippen MR) is 62.6 cm³/mol. The number of benzene rings is 1. The standard InChI is InChI=1S/C11H9FN4S/c1-7-15-16-10(13-14-11(16)17-7)6-8-4-2-3-5-9(8)12/h2-5H,6H2,1H3. The highest BCUT2D eigenvalue weighted by Crippen LogP contribution is 2.16. The summed E-state index contributed by atoms with van der Waals surface area (Å²) in [5.41, 5.74) is 0.604. The Kier molecular flexibility index (Phi) is 2.36. The third kappa shape index (κ3) is 1.80. The van der Waals surface area contributed by atoms with E-state index in [1.807, 2.05) is 13.0 Å². The van der Waals surface area contributed by atoms with Crippen molar-refractivity contribution in [3.63, 3.8) is 0 Å². The quantitative estimate of drug-likeness (QED) is 0.698. The first-order chi connectivity index (χ1) is 8.24. The molecule has 3 rings (SSSR count). The lowest BCUT2D eigenvalue weighted by Crippen LogP contribution is -1.99. The van der Waals surface area contributed by atoms with Gasteiger partial charge in [-0.2, -0.15) is 9.61 Å². The number of nitrogens with zero attached hydrogens (tertiary/aromatic N) is 4. The molecule has 0 spiro atoms. The third-order valence-electron chi connectivity index (χ3n) is 2.46. The lowest BCUT2D eigenvalue weighted by Gasteiger charge is -1.99. The molecule has 0 amide bonds. The molecule has 0 radical (unpaired) electrons. The fourth-order valence-corrected chi connectivity index (χ4v) is 2.38. The fraction of sp³-hybridized carbons (Fsp3) is 0.182. The Labute approximate surface area is 101 Å². The van der Waals surface area contributed by atoms with Crippen LogP contribution in [-0.4, -0.2) is 19.8 Å². The summed E-state index contributed by atoms with van der Waals surface area (Å²) < 4.78 is 15.2. The van der Waals surface area contributed by atoms with Crippen LogP contribution in [0.25, 0.3) is 4.96 Å². The summed E-state index contributed by atoms with van der Waals surface area (Å²) >= 11 is 1.47. The molecule has 0 saturated carbocycles. The summed E-state index contributed by atoms with van der Waals surface area (Å²) in [6, 6.07) is 6.67. The number of aromatic nitrogens is 4. The second-order valence-corrected chi connectivity index (χ2v) is 4.86. The van der Waals surface area contributed by atoms with Gasteiger partial charge >= 0.3 is 0 Å². The van der Waals surface area contributed by atoms with Crippen molar-refractivity contribution < 1.29 is 4.39 Å². The molecular weight excluding hydrogens is 239 g/mol. The van der Waals surface area contributed by atoms with Crippen molar-refractivity contribution >= 4 is 16.3 Å². The van der Waals surface area contributed by atoms with Gasteiger partial charge in [-0.05, 0) is 18.6 Å². The number of halogens is 1. The van der Waals surface area contributed by atoms with Crippen molar-refractivity contribution in [1.82, 2.24) is 19.8 Å². The van der Waals surface area contributed by atoms with Gasteiger partial charge in [0.05, 0.1) is 0 Å². The maximum absolute atomic E-state index is 13.5. The molecule has 3 aromatic rings. The zero-order chi connectivity index (χ0) is 11.8. The maximum atomic E-state index is 13.5. The summed E-state index contributed by atoms with van der Waals surface area (Å²) in [5.74, 6) is 0.436. The van der Waals surface area contributed by atoms with Crippen LogP contribution in [0.5, 0.6) is 0 Å². The molecule has 86 valence electrons. The van der Waals surface area contributed by atoms with Gasteiger partial charge in [-0.1, -0.05) is 29.5 Å². The van der Waals surface area contributed by atoms with Gasteiger partial charge in [-0.15, -0.1) is 10.2 Å². The van der Waals surface area contributed by atoms with Crippen LogP contribution in [0.15, 0.2) is 24.3 Å². The van der Waals surface area contributed by atoms with Crippen LogP contribution < -0.4 is 0 Å². The van der Waals surface area contributed by atoms with Crippen molar-refractivity contribution in [1.29, 1.82) is 0 Å². The minimum absolute atomic E-state index is 0.226. The number of hydrogen-bond donors (Lipinski definition) is 0. The molecule has 0 aliphatic carbocycles. The van der Waals surface area contributed by atoms with E-state index in [9.17, 15) is 4.39 Å². The van der Waals surface area contributed by atoms with Gasteiger partial charge < -0.3 is 0 Å². The fourth-order valence-electron chi connectivity index (χ4n) is 1.68. The number of fused-ring (bicyclic) bond motifs is 1. The van der Waals surface area contributed by atoms with Gasteiger partial charge in [-0.3, -0.25) is 0 Å². The first-order valence-corrected chi connectivity index (χ1v) is 5.97. The van der Waals surface area contributed by atoms with E-state index in [1.165, 1.54) is 17.4 Å². The molecule has 0 saturated heterocycles. The molecule has 0 aliphatic rings. The SMILES string of the molecule is Cc1nn2c(Cc3ccccc3F)nnc2s1. The van der Waals surface area contributed by atoms with E-state index in [1.54, 1.807) is 16.6 Å². The Morgan fingerprint density at radius 3 is 2.94 bits per heavy atom. The van der Waals surface area contributed by atoms with E-state index < -0.39 is 0 Å². The first-order valence-electron chi connectivity index (χ1n) is 5.15. The monoisotopic (exact) mass is 248 g/mol. The number of rotatable bonds is 2. The summed E-state index contributed by atoms with van der Waals surface area (Å²) in [6.07, 6.45) is 0.400. The van der Waals surface area contributed by atoms with Crippen molar-refractivity contribution in [3.8, 4) is 0 Å². The summed E-state index contributed by atoms with van der Waals surface area (Å²) in [4.78, 5) is 0.744. The van der Waals surface area contributed by atoms with Crippen molar-refractivity contribution in [3.05, 3.63) is 46.5 Å². The molecule has 0 unspecified atom stereocenters. The zero-order valence-electron chi connectivity index (χ0n) is 9.09. The second kappa shape index (κ2) is 3.89. The highest BCUT2D eigenvalue weighted by molar-refractivity contribution is 7.16. The van der Waals surface area contributed by atoms with Crippen molar-refractivity contribution in [2.45, 2.75) is 13.3 Å². The normalized spacial score (nSPS) is 11.2. The molecule has 4 nitrogen and oxygen atoms in total. The smallest absolute Gasteiger partial charge is 0.207 e. The van der Waals surface area contributed by atoms with Gasteiger partial charge in [0.25, 0.3) is 0 Å². The van der Waals surface area contributed by atoms with Crippen LogP contribution in [0.3, 0.4) is 0 Å². The van der Waals surface area contributed by atoms with E-state index in [-0.39, 0.29) is 5.82 Å². The Hall–Kier alpha value is -1.82. The molecule has 2 aromatic heterocycles. The van der Waals surface area contributed by atoms with Crippen LogP contribution >= 0.6 is 11.3 Å². The molecule has 0 atom stereocenters. The van der Waals surface area contributed by atoms with Crippen LogP contribution in [0.2, 0.25) is 0 Å². The lowest BCUT2D eigenvalue weighted by molar-refractivity contribution is 0.611. The van der Waals surface area contributed by atoms with Crippen LogP contribution in [0.4, 0.5) is 4.39 Å². The molecular formula is C11H9FN4S. The average molecular weight is 248 g/mol. The Morgan fingerprint density at radius 1 is 1.29 bits per heavy atom. The molecule has 6 heteroatoms. The van der Waals surface area contributed by atoms with Crippen molar-refractivity contribution in [2.75, 3.05) is 0 Å². The number of aryl methyl sites for hydroxylation is 1. The second-order valence-electron chi connectivity index (χ2n) is 3.70. The van der Waals surface area contributed by atoms with E-state index >= 15 is 0 Å². The van der Waals surface area contributed by atoms with Crippen LogP contribution in [0.1, 0.15) is 16.4 Å². The first kappa shape index (κ1) is 10.3. The zero-order valence-corrected chi connectivity index (χ0v) is 9.91. The average Bonchev–Trinajstić information content (AvgIpc) is 2.82. The molecule has 0 bridgehead atoms. The minimum Gasteiger partial charge on any atom is -0.207 e. The van der Waals surface area contributed by atoms with E-state index in [0.29, 0.717) is 17.8 Å². The van der Waals surface area contributed by atoms with Gasteiger partial charge in [0.15, 0.2) is 5.82 Å². The Morgan fingerprint density at radius 2 is 2.12 bits per heavy atom. The molecule has 17 heavy (non-hydrogen) atoms. The largest absolute Gasteiger partial charge is 0.234 e. The molecule has 0 fully saturated rings. The van der Waals surface area contributed by atoms with E-state index in [2.05, 4.69) is 15.3 Å². The summed E-state index contributed by atoms with van der Waals surface area (Å²) in [6.45, 7) is 1.91. The van der Waals surface area contributed by atoms with Gasteiger partial charge in [0.1, 0.15) is 10.8 Å². The highest BCUT2D eigenvalue weighted by atomic mass is 32.1. The molecule has 1 aromatic carbocycles. The van der Waals surface area contributed by atoms with Crippen LogP contribution in [0, 0.1) is 12.7 Å². The van der Waals surface area contributed by atoms with E-state index in [0.717, 1.165) is 9.97 Å². The Bertz CT molecular complexity index is 673. The molecule has 2 heterocycles. The molecule has 0 aliphatic heterocycles. The summed E-state index contributed by atoms with van der Waals surface area (Å²) in [5, 5.41) is 13.2. The van der Waals surface area contributed by atoms with Gasteiger partial charge in [0, 0.05) is 6.42 Å². The van der Waals surface area contributed by atoms with Crippen LogP contribution in [-0.2, 0) is 6.42 Å². The molecule has 0 N–H and O–H groups in total. The summed E-state index contributed by atoms with van der Waals surface area (Å²) in [7, 11) is 0. The highest BCUT2D eigenvalue weighted by Gasteiger charge is 2.11. The Balaban J connectivity index is 2.02. The topological polar surface area (TPSA) is 43.1 Å². The van der Waals surface area contributed by atoms with Gasteiger partial charge in [-0.25, -0.2) is 4.39 Å². The third-order valence-corrected chi connectivity index (χ3v) is 3.28. The maximum Gasteiger partial charge on any atom is 0.234 e. The predicted octanol–water partition coefficient (Wildman–Crippen LogP) is 2.22. The van der Waals surface area contributed by atoms with E-state index in [4.69, 9.17) is 0 Å². The minimum atomic E-state index is -0.226. The lowest BCUT2D eigenvalue weighted by atomic mass is 10.1. The van der Waals surface area contributed by atoms with Crippen molar-refractivity contribution in [2.24, 2.45) is 0 Å². The van der Waals surface area contributed by atoms with Gasteiger partial charge in [0.2, 0.25) is 4.96 Å². The number of hydrogen-bond acceptors (Lipinski definition) is 4.